The number of anilines is 1. The van der Waals surface area contributed by atoms with Crippen molar-refractivity contribution in [3.63, 3.8) is 0 Å². The zero-order chi connectivity index (χ0) is 22.0. The third-order valence-corrected chi connectivity index (χ3v) is 7.03. The van der Waals surface area contributed by atoms with Gasteiger partial charge in [-0.15, -0.1) is 0 Å². The molecule has 160 valence electrons. The van der Waals surface area contributed by atoms with Gasteiger partial charge in [-0.1, -0.05) is 29.8 Å². The Balaban J connectivity index is 1.57. The van der Waals surface area contributed by atoms with Crippen molar-refractivity contribution >= 4 is 15.7 Å². The van der Waals surface area contributed by atoms with Gasteiger partial charge in [-0.25, -0.2) is 8.42 Å². The van der Waals surface area contributed by atoms with Crippen LogP contribution in [-0.2, 0) is 10.0 Å². The van der Waals surface area contributed by atoms with Crippen LogP contribution >= 0.6 is 0 Å². The fraction of sp³-hybridized carbons (Fsp3) is 0.273. The van der Waals surface area contributed by atoms with Crippen LogP contribution in [0.2, 0.25) is 0 Å². The second-order valence-corrected chi connectivity index (χ2v) is 9.03. The van der Waals surface area contributed by atoms with Crippen molar-refractivity contribution in [2.45, 2.75) is 12.0 Å². The maximum atomic E-state index is 13.2. The predicted molar refractivity (Wildman–Crippen MR) is 115 cm³/mol. The van der Waals surface area contributed by atoms with Crippen molar-refractivity contribution in [1.29, 1.82) is 5.26 Å². The monoisotopic (exact) mass is 438 g/mol. The Kier molecular flexibility index (Phi) is 5.67. The van der Waals surface area contributed by atoms with Crippen molar-refractivity contribution in [3.05, 3.63) is 59.8 Å². The number of aromatic nitrogens is 1. The number of methoxy groups -OCH3 is 1. The Labute approximate surface area is 181 Å². The first kappa shape index (κ1) is 20.9. The lowest BCUT2D eigenvalue weighted by Gasteiger charge is -2.35. The Morgan fingerprint density at radius 1 is 1.06 bits per heavy atom. The van der Waals surface area contributed by atoms with Gasteiger partial charge in [0, 0.05) is 31.7 Å². The number of aryl methyl sites for hydroxylation is 1. The summed E-state index contributed by atoms with van der Waals surface area (Å²) in [7, 11) is -2.39. The van der Waals surface area contributed by atoms with E-state index in [1.165, 1.54) is 4.31 Å². The van der Waals surface area contributed by atoms with Gasteiger partial charge in [-0.05, 0) is 31.2 Å². The molecule has 1 fully saturated rings. The van der Waals surface area contributed by atoms with Gasteiger partial charge >= 0.3 is 0 Å². The molecule has 0 radical (unpaired) electrons. The van der Waals surface area contributed by atoms with Crippen LogP contribution in [0, 0.1) is 18.3 Å². The number of para-hydroxylation sites is 2. The van der Waals surface area contributed by atoms with Gasteiger partial charge in [0.25, 0.3) is 15.1 Å². The third-order valence-electron chi connectivity index (χ3n) is 5.24. The molecule has 2 heterocycles. The summed E-state index contributed by atoms with van der Waals surface area (Å²) in [6.45, 7) is 3.43. The Morgan fingerprint density at radius 3 is 2.39 bits per heavy atom. The highest BCUT2D eigenvalue weighted by Crippen LogP contribution is 2.31. The zero-order valence-corrected chi connectivity index (χ0v) is 18.1. The van der Waals surface area contributed by atoms with Crippen LogP contribution in [0.4, 0.5) is 5.69 Å². The Bertz CT molecular complexity index is 1220. The minimum Gasteiger partial charge on any atom is -0.495 e. The summed E-state index contributed by atoms with van der Waals surface area (Å²) in [6.07, 6.45) is 0. The summed E-state index contributed by atoms with van der Waals surface area (Å²) in [5, 5.41) is 9.05. The maximum Gasteiger partial charge on any atom is 0.279 e. The topological polar surface area (TPSA) is 99.7 Å². The molecule has 0 amide bonds. The number of nitriles is 1. The lowest BCUT2D eigenvalue weighted by Crippen LogP contribution is -2.48. The van der Waals surface area contributed by atoms with Crippen molar-refractivity contribution < 1.29 is 17.6 Å². The van der Waals surface area contributed by atoms with Gasteiger partial charge in [0.05, 0.1) is 12.8 Å². The summed E-state index contributed by atoms with van der Waals surface area (Å²) in [6, 6.07) is 16.8. The van der Waals surface area contributed by atoms with E-state index in [1.54, 1.807) is 19.2 Å². The third kappa shape index (κ3) is 4.00. The first-order chi connectivity index (χ1) is 14.9. The van der Waals surface area contributed by atoms with Gasteiger partial charge in [0.1, 0.15) is 11.8 Å². The molecular formula is C22H22N4O4S. The van der Waals surface area contributed by atoms with Crippen LogP contribution in [0.5, 0.6) is 5.75 Å². The zero-order valence-electron chi connectivity index (χ0n) is 17.3. The molecule has 0 saturated carbocycles. The molecule has 9 heteroatoms. The SMILES string of the molecule is COc1ccccc1N1CCN(S(=O)(=O)c2oc(-c3ccc(C)cc3)nc2C#N)CC1. The number of hydrogen-bond acceptors (Lipinski definition) is 7. The van der Waals surface area contributed by atoms with Crippen molar-refractivity contribution in [3.8, 4) is 23.3 Å². The van der Waals surface area contributed by atoms with Crippen molar-refractivity contribution in [2.24, 2.45) is 0 Å². The highest BCUT2D eigenvalue weighted by molar-refractivity contribution is 7.89. The lowest BCUT2D eigenvalue weighted by atomic mass is 10.1. The summed E-state index contributed by atoms with van der Waals surface area (Å²) in [5.41, 5.74) is 2.35. The average Bonchev–Trinajstić information content (AvgIpc) is 3.25. The van der Waals surface area contributed by atoms with E-state index in [1.807, 2.05) is 49.4 Å². The smallest absolute Gasteiger partial charge is 0.279 e. The second-order valence-electron chi connectivity index (χ2n) is 7.20. The van der Waals surface area contributed by atoms with E-state index >= 15 is 0 Å². The molecule has 3 aromatic rings. The van der Waals surface area contributed by atoms with Gasteiger partial charge in [-0.2, -0.15) is 14.6 Å². The molecule has 1 saturated heterocycles. The van der Waals surface area contributed by atoms with E-state index in [-0.39, 0.29) is 24.7 Å². The number of ether oxygens (including phenoxy) is 1. The largest absolute Gasteiger partial charge is 0.495 e. The fourth-order valence-electron chi connectivity index (χ4n) is 3.55. The number of sulfonamides is 1. The number of rotatable bonds is 5. The van der Waals surface area contributed by atoms with Crippen LogP contribution in [-0.4, -0.2) is 51.0 Å². The molecule has 0 aliphatic carbocycles. The van der Waals surface area contributed by atoms with Crippen LogP contribution in [0.25, 0.3) is 11.5 Å². The number of piperazine rings is 1. The Morgan fingerprint density at radius 2 is 1.74 bits per heavy atom. The molecule has 4 rings (SSSR count). The van der Waals surface area contributed by atoms with Crippen molar-refractivity contribution in [2.75, 3.05) is 38.2 Å². The van der Waals surface area contributed by atoms with Crippen LogP contribution < -0.4 is 9.64 Å². The van der Waals surface area contributed by atoms with E-state index < -0.39 is 15.1 Å². The Hall–Kier alpha value is -3.35. The number of benzene rings is 2. The molecule has 0 unspecified atom stereocenters. The standard InChI is InChI=1S/C22H22N4O4S/c1-16-7-9-17(10-8-16)21-24-18(15-23)22(30-21)31(27,28)26-13-11-25(12-14-26)19-5-3-4-6-20(19)29-2/h3-10H,11-14H2,1-2H3. The van der Waals surface area contributed by atoms with E-state index in [0.29, 0.717) is 18.7 Å². The molecule has 0 N–H and O–H groups in total. The first-order valence-electron chi connectivity index (χ1n) is 9.80. The van der Waals surface area contributed by atoms with E-state index in [4.69, 9.17) is 9.15 Å². The van der Waals surface area contributed by atoms with E-state index in [9.17, 15) is 13.7 Å². The van der Waals surface area contributed by atoms with Crippen LogP contribution in [0.1, 0.15) is 11.3 Å². The molecule has 8 nitrogen and oxygen atoms in total. The minimum absolute atomic E-state index is 0.114. The van der Waals surface area contributed by atoms with E-state index in [0.717, 1.165) is 17.0 Å². The average molecular weight is 439 g/mol. The quantitative estimate of drug-likeness (QED) is 0.604. The molecule has 1 aliphatic heterocycles. The number of hydrogen-bond donors (Lipinski definition) is 0. The van der Waals surface area contributed by atoms with Gasteiger partial charge in [0.2, 0.25) is 5.89 Å². The normalized spacial score (nSPS) is 14.9. The predicted octanol–water partition coefficient (Wildman–Crippen LogP) is 3.04. The highest BCUT2D eigenvalue weighted by Gasteiger charge is 2.35. The van der Waals surface area contributed by atoms with Crippen molar-refractivity contribution in [1.82, 2.24) is 9.29 Å². The fourth-order valence-corrected chi connectivity index (χ4v) is 4.95. The van der Waals surface area contributed by atoms with Crippen LogP contribution in [0.15, 0.2) is 58.0 Å². The first-order valence-corrected chi connectivity index (χ1v) is 11.2. The minimum atomic E-state index is -4.00. The molecule has 0 spiro atoms. The molecule has 0 bridgehead atoms. The molecular weight excluding hydrogens is 416 g/mol. The van der Waals surface area contributed by atoms with Gasteiger partial charge in [0.15, 0.2) is 5.69 Å². The summed E-state index contributed by atoms with van der Waals surface area (Å²) in [5.74, 6) is 0.853. The molecule has 0 atom stereocenters. The highest BCUT2D eigenvalue weighted by atomic mass is 32.2. The summed E-state index contributed by atoms with van der Waals surface area (Å²) in [4.78, 5) is 6.19. The van der Waals surface area contributed by atoms with Crippen LogP contribution in [0.3, 0.4) is 0 Å². The molecule has 1 aromatic heterocycles. The molecule has 31 heavy (non-hydrogen) atoms. The number of oxazole rings is 1. The maximum absolute atomic E-state index is 13.2. The van der Waals surface area contributed by atoms with E-state index in [2.05, 4.69) is 9.88 Å². The van der Waals surface area contributed by atoms with Gasteiger partial charge < -0.3 is 14.1 Å². The number of nitrogens with zero attached hydrogens (tertiary/aromatic N) is 4. The second kappa shape index (κ2) is 8.41. The summed E-state index contributed by atoms with van der Waals surface area (Å²) >= 11 is 0. The molecule has 1 aliphatic rings. The van der Waals surface area contributed by atoms with Gasteiger partial charge in [-0.3, -0.25) is 0 Å². The lowest BCUT2D eigenvalue weighted by molar-refractivity contribution is 0.360. The summed E-state index contributed by atoms with van der Waals surface area (Å²) < 4.78 is 38.8. The molecule has 2 aromatic carbocycles.